The molecule has 0 aliphatic rings. The second-order valence-corrected chi connectivity index (χ2v) is 4.00. The van der Waals surface area contributed by atoms with E-state index in [0.29, 0.717) is 13.2 Å². The van der Waals surface area contributed by atoms with E-state index in [0.717, 1.165) is 0 Å². The molecule has 15 heavy (non-hydrogen) atoms. The molecule has 0 aromatic heterocycles. The molecule has 0 N–H and O–H groups in total. The van der Waals surface area contributed by atoms with Crippen LogP contribution in [0.2, 0.25) is 0 Å². The molecule has 0 spiro atoms. The van der Waals surface area contributed by atoms with Crippen molar-refractivity contribution < 1.29 is 9.47 Å². The fraction of sp³-hybridized carbons (Fsp3) is 0.538. The Hall–Kier alpha value is -0.860. The van der Waals surface area contributed by atoms with Crippen molar-refractivity contribution in [1.82, 2.24) is 0 Å². The highest BCUT2D eigenvalue weighted by atomic mass is 16.5. The molecule has 1 aromatic carbocycles. The van der Waals surface area contributed by atoms with Gasteiger partial charge in [0.05, 0.1) is 25.4 Å². The summed E-state index contributed by atoms with van der Waals surface area (Å²) in [6.07, 6.45) is 0.425. The molecule has 0 amide bonds. The summed E-state index contributed by atoms with van der Waals surface area (Å²) in [5, 5.41) is 0. The van der Waals surface area contributed by atoms with Crippen molar-refractivity contribution in [3.05, 3.63) is 35.9 Å². The van der Waals surface area contributed by atoms with E-state index in [1.807, 2.05) is 39.0 Å². The SMILES string of the molecule is CC(C)OC(C)COCc1ccccc1. The molecule has 1 unspecified atom stereocenters. The third-order valence-corrected chi connectivity index (χ3v) is 1.97. The van der Waals surface area contributed by atoms with Crippen molar-refractivity contribution in [1.29, 1.82) is 0 Å². The first kappa shape index (κ1) is 12.2. The lowest BCUT2D eigenvalue weighted by molar-refractivity contribution is -0.0388. The Morgan fingerprint density at radius 3 is 2.33 bits per heavy atom. The van der Waals surface area contributed by atoms with Gasteiger partial charge in [0, 0.05) is 0 Å². The van der Waals surface area contributed by atoms with Gasteiger partial charge in [-0.1, -0.05) is 30.3 Å². The average molecular weight is 208 g/mol. The van der Waals surface area contributed by atoms with Crippen LogP contribution < -0.4 is 0 Å². The van der Waals surface area contributed by atoms with E-state index < -0.39 is 0 Å². The van der Waals surface area contributed by atoms with Crippen LogP contribution in [0.4, 0.5) is 0 Å². The van der Waals surface area contributed by atoms with Crippen LogP contribution in [0.15, 0.2) is 30.3 Å². The first-order valence-electron chi connectivity index (χ1n) is 5.45. The number of ether oxygens (including phenoxy) is 2. The number of rotatable bonds is 6. The summed E-state index contributed by atoms with van der Waals surface area (Å²) < 4.78 is 11.1. The third kappa shape index (κ3) is 5.55. The molecule has 1 rings (SSSR count). The summed E-state index contributed by atoms with van der Waals surface area (Å²) in [4.78, 5) is 0. The molecule has 0 fully saturated rings. The molecule has 84 valence electrons. The molecular formula is C13H20O2. The predicted octanol–water partition coefficient (Wildman–Crippen LogP) is 3.02. The summed E-state index contributed by atoms with van der Waals surface area (Å²) in [5.74, 6) is 0. The van der Waals surface area contributed by atoms with Gasteiger partial charge in [-0.25, -0.2) is 0 Å². The van der Waals surface area contributed by atoms with Crippen LogP contribution in [-0.4, -0.2) is 18.8 Å². The second-order valence-electron chi connectivity index (χ2n) is 4.00. The first-order valence-corrected chi connectivity index (χ1v) is 5.45. The number of hydrogen-bond acceptors (Lipinski definition) is 2. The Kier molecular flexibility index (Phi) is 5.37. The van der Waals surface area contributed by atoms with Gasteiger partial charge in [-0.05, 0) is 26.3 Å². The predicted molar refractivity (Wildman–Crippen MR) is 61.8 cm³/mol. The van der Waals surface area contributed by atoms with Crippen molar-refractivity contribution >= 4 is 0 Å². The van der Waals surface area contributed by atoms with Crippen molar-refractivity contribution in [3.63, 3.8) is 0 Å². The van der Waals surface area contributed by atoms with Crippen LogP contribution in [0, 0.1) is 0 Å². The highest BCUT2D eigenvalue weighted by Crippen LogP contribution is 2.03. The Bertz CT molecular complexity index is 256. The van der Waals surface area contributed by atoms with E-state index in [2.05, 4.69) is 12.1 Å². The minimum atomic E-state index is 0.161. The van der Waals surface area contributed by atoms with Crippen molar-refractivity contribution in [2.24, 2.45) is 0 Å². The average Bonchev–Trinajstić information content (AvgIpc) is 2.18. The maximum absolute atomic E-state index is 5.56. The third-order valence-electron chi connectivity index (χ3n) is 1.97. The summed E-state index contributed by atoms with van der Waals surface area (Å²) >= 11 is 0. The minimum Gasteiger partial charge on any atom is -0.374 e. The molecule has 0 saturated heterocycles. The summed E-state index contributed by atoms with van der Waals surface area (Å²) in [7, 11) is 0. The van der Waals surface area contributed by atoms with Gasteiger partial charge in [0.25, 0.3) is 0 Å². The maximum Gasteiger partial charge on any atom is 0.0784 e. The minimum absolute atomic E-state index is 0.161. The molecule has 2 heteroatoms. The highest BCUT2D eigenvalue weighted by molar-refractivity contribution is 5.13. The van der Waals surface area contributed by atoms with Crippen LogP contribution >= 0.6 is 0 Å². The van der Waals surface area contributed by atoms with Crippen LogP contribution in [-0.2, 0) is 16.1 Å². The maximum atomic E-state index is 5.56. The van der Waals surface area contributed by atoms with E-state index >= 15 is 0 Å². The first-order chi connectivity index (χ1) is 7.18. The van der Waals surface area contributed by atoms with Crippen molar-refractivity contribution in [2.45, 2.75) is 39.6 Å². The zero-order chi connectivity index (χ0) is 11.1. The second kappa shape index (κ2) is 6.59. The van der Waals surface area contributed by atoms with Crippen LogP contribution in [0.3, 0.4) is 0 Å². The zero-order valence-electron chi connectivity index (χ0n) is 9.77. The van der Waals surface area contributed by atoms with Gasteiger partial charge in [-0.2, -0.15) is 0 Å². The van der Waals surface area contributed by atoms with Crippen molar-refractivity contribution in [2.75, 3.05) is 6.61 Å². The van der Waals surface area contributed by atoms with Gasteiger partial charge in [0.1, 0.15) is 0 Å². The highest BCUT2D eigenvalue weighted by Gasteiger charge is 2.04. The molecular weight excluding hydrogens is 188 g/mol. The Balaban J connectivity index is 2.16. The number of hydrogen-bond donors (Lipinski definition) is 0. The van der Waals surface area contributed by atoms with Crippen LogP contribution in [0.25, 0.3) is 0 Å². The lowest BCUT2D eigenvalue weighted by Crippen LogP contribution is -2.19. The molecule has 0 saturated carbocycles. The van der Waals surface area contributed by atoms with E-state index in [4.69, 9.17) is 9.47 Å². The lowest BCUT2D eigenvalue weighted by Gasteiger charge is -2.16. The van der Waals surface area contributed by atoms with Crippen LogP contribution in [0.5, 0.6) is 0 Å². The molecule has 0 bridgehead atoms. The summed E-state index contributed by atoms with van der Waals surface area (Å²) in [6, 6.07) is 10.2. The molecule has 1 atom stereocenters. The Morgan fingerprint density at radius 1 is 1.07 bits per heavy atom. The molecule has 1 aromatic rings. The van der Waals surface area contributed by atoms with E-state index in [1.54, 1.807) is 0 Å². The summed E-state index contributed by atoms with van der Waals surface area (Å²) in [5.41, 5.74) is 1.20. The fourth-order valence-electron chi connectivity index (χ4n) is 1.42. The van der Waals surface area contributed by atoms with Gasteiger partial charge in [0.15, 0.2) is 0 Å². The van der Waals surface area contributed by atoms with E-state index in [-0.39, 0.29) is 12.2 Å². The molecule has 0 aliphatic carbocycles. The van der Waals surface area contributed by atoms with Crippen LogP contribution in [0.1, 0.15) is 26.3 Å². The Labute approximate surface area is 92.2 Å². The van der Waals surface area contributed by atoms with Crippen molar-refractivity contribution in [3.8, 4) is 0 Å². The standard InChI is InChI=1S/C13H20O2/c1-11(2)15-12(3)9-14-10-13-7-5-4-6-8-13/h4-8,11-12H,9-10H2,1-3H3. The molecule has 0 heterocycles. The lowest BCUT2D eigenvalue weighted by atomic mass is 10.2. The van der Waals surface area contributed by atoms with Gasteiger partial charge in [0.2, 0.25) is 0 Å². The largest absolute Gasteiger partial charge is 0.374 e. The quantitative estimate of drug-likeness (QED) is 0.715. The summed E-state index contributed by atoms with van der Waals surface area (Å²) in [6.45, 7) is 7.41. The number of benzene rings is 1. The molecule has 2 nitrogen and oxygen atoms in total. The monoisotopic (exact) mass is 208 g/mol. The fourth-order valence-corrected chi connectivity index (χ4v) is 1.42. The van der Waals surface area contributed by atoms with E-state index in [9.17, 15) is 0 Å². The Morgan fingerprint density at radius 2 is 1.73 bits per heavy atom. The van der Waals surface area contributed by atoms with Gasteiger partial charge >= 0.3 is 0 Å². The molecule has 0 radical (unpaired) electrons. The van der Waals surface area contributed by atoms with Gasteiger partial charge < -0.3 is 9.47 Å². The smallest absolute Gasteiger partial charge is 0.0784 e. The molecule has 0 aliphatic heterocycles. The van der Waals surface area contributed by atoms with E-state index in [1.165, 1.54) is 5.56 Å². The zero-order valence-corrected chi connectivity index (χ0v) is 9.77. The topological polar surface area (TPSA) is 18.5 Å². The van der Waals surface area contributed by atoms with Gasteiger partial charge in [-0.15, -0.1) is 0 Å². The normalized spacial score (nSPS) is 13.1. The van der Waals surface area contributed by atoms with Gasteiger partial charge in [-0.3, -0.25) is 0 Å².